The summed E-state index contributed by atoms with van der Waals surface area (Å²) >= 11 is 0. The molecule has 0 aliphatic heterocycles. The molecular formula is C14H14O3. The second kappa shape index (κ2) is 4.45. The van der Waals surface area contributed by atoms with Crippen LogP contribution in [0.1, 0.15) is 19.4 Å². The van der Waals surface area contributed by atoms with Gasteiger partial charge in [-0.2, -0.15) is 0 Å². The number of allylic oxidation sites excluding steroid dienone is 2. The lowest BCUT2D eigenvalue weighted by Crippen LogP contribution is -1.98. The molecule has 0 saturated carbocycles. The van der Waals surface area contributed by atoms with Crippen LogP contribution in [0.15, 0.2) is 45.1 Å². The summed E-state index contributed by atoms with van der Waals surface area (Å²) in [5.41, 5.74) is 1.84. The minimum absolute atomic E-state index is 0.160. The Morgan fingerprint density at radius 2 is 2.06 bits per heavy atom. The standard InChI is InChI=1S/C14H14O3/c1-3-9(2)8-11-12(15)6-4-10-5-7-13(16)17-14(10)11/h3-7,15H,8H2,1-2H3/b9-3-. The molecule has 17 heavy (non-hydrogen) atoms. The van der Waals surface area contributed by atoms with E-state index >= 15 is 0 Å². The van der Waals surface area contributed by atoms with Crippen LogP contribution in [-0.2, 0) is 6.42 Å². The molecule has 0 radical (unpaired) electrons. The first-order valence-electron chi connectivity index (χ1n) is 5.48. The van der Waals surface area contributed by atoms with Gasteiger partial charge in [-0.25, -0.2) is 4.79 Å². The molecule has 0 spiro atoms. The molecule has 1 aromatic carbocycles. The van der Waals surface area contributed by atoms with Gasteiger partial charge in [-0.05, 0) is 32.0 Å². The van der Waals surface area contributed by atoms with E-state index in [1.54, 1.807) is 18.2 Å². The van der Waals surface area contributed by atoms with Crippen molar-refractivity contribution in [2.24, 2.45) is 0 Å². The zero-order chi connectivity index (χ0) is 12.4. The molecule has 1 aromatic heterocycles. The van der Waals surface area contributed by atoms with E-state index in [9.17, 15) is 9.90 Å². The summed E-state index contributed by atoms with van der Waals surface area (Å²) in [7, 11) is 0. The van der Waals surface area contributed by atoms with E-state index in [4.69, 9.17) is 4.42 Å². The number of hydrogen-bond acceptors (Lipinski definition) is 3. The predicted molar refractivity (Wildman–Crippen MR) is 67.3 cm³/mol. The maximum atomic E-state index is 11.2. The number of phenols is 1. The Balaban J connectivity index is 2.70. The molecule has 0 fully saturated rings. The number of fused-ring (bicyclic) bond motifs is 1. The average molecular weight is 230 g/mol. The summed E-state index contributed by atoms with van der Waals surface area (Å²) in [6.07, 6.45) is 2.55. The van der Waals surface area contributed by atoms with Crippen LogP contribution in [0.5, 0.6) is 5.75 Å². The molecule has 3 heteroatoms. The normalized spacial score (nSPS) is 12.0. The Morgan fingerprint density at radius 3 is 2.76 bits per heavy atom. The molecule has 0 aliphatic carbocycles. The summed E-state index contributed by atoms with van der Waals surface area (Å²) < 4.78 is 5.18. The van der Waals surface area contributed by atoms with Crippen LogP contribution in [-0.4, -0.2) is 5.11 Å². The minimum Gasteiger partial charge on any atom is -0.508 e. The van der Waals surface area contributed by atoms with Crippen LogP contribution in [0.3, 0.4) is 0 Å². The first-order valence-corrected chi connectivity index (χ1v) is 5.48. The summed E-state index contributed by atoms with van der Waals surface area (Å²) in [4.78, 5) is 11.2. The van der Waals surface area contributed by atoms with Gasteiger partial charge in [-0.15, -0.1) is 0 Å². The quantitative estimate of drug-likeness (QED) is 0.637. The highest BCUT2D eigenvalue weighted by atomic mass is 16.4. The second-order valence-electron chi connectivity index (χ2n) is 4.05. The molecule has 1 heterocycles. The van der Waals surface area contributed by atoms with E-state index in [2.05, 4.69) is 0 Å². The maximum absolute atomic E-state index is 11.2. The number of benzene rings is 1. The first kappa shape index (κ1) is 11.5. The molecule has 0 bridgehead atoms. The lowest BCUT2D eigenvalue weighted by atomic mass is 10.0. The Hall–Kier alpha value is -2.03. The van der Waals surface area contributed by atoms with Crippen molar-refractivity contribution in [3.05, 3.63) is 51.9 Å². The van der Waals surface area contributed by atoms with E-state index in [0.29, 0.717) is 17.6 Å². The topological polar surface area (TPSA) is 50.4 Å². The number of hydrogen-bond donors (Lipinski definition) is 1. The molecule has 0 atom stereocenters. The van der Waals surface area contributed by atoms with Crippen LogP contribution in [0, 0.1) is 0 Å². The van der Waals surface area contributed by atoms with E-state index in [-0.39, 0.29) is 5.75 Å². The van der Waals surface area contributed by atoms with Gasteiger partial charge >= 0.3 is 5.63 Å². The van der Waals surface area contributed by atoms with Crippen molar-refractivity contribution in [2.45, 2.75) is 20.3 Å². The third kappa shape index (κ3) is 2.23. The lowest BCUT2D eigenvalue weighted by Gasteiger charge is -2.07. The Morgan fingerprint density at radius 1 is 1.35 bits per heavy atom. The van der Waals surface area contributed by atoms with Crippen molar-refractivity contribution in [1.82, 2.24) is 0 Å². The smallest absolute Gasteiger partial charge is 0.336 e. The second-order valence-corrected chi connectivity index (χ2v) is 4.05. The van der Waals surface area contributed by atoms with Crippen molar-refractivity contribution >= 4 is 11.0 Å². The van der Waals surface area contributed by atoms with Gasteiger partial charge in [0.2, 0.25) is 0 Å². The highest BCUT2D eigenvalue weighted by Crippen LogP contribution is 2.28. The molecule has 88 valence electrons. The van der Waals surface area contributed by atoms with Gasteiger partial charge in [0, 0.05) is 23.4 Å². The molecule has 1 N–H and O–H groups in total. The molecule has 0 amide bonds. The van der Waals surface area contributed by atoms with Gasteiger partial charge in [0.1, 0.15) is 11.3 Å². The maximum Gasteiger partial charge on any atom is 0.336 e. The minimum atomic E-state index is -0.400. The molecule has 2 aromatic rings. The van der Waals surface area contributed by atoms with Gasteiger partial charge in [0.25, 0.3) is 0 Å². The predicted octanol–water partition coefficient (Wildman–Crippen LogP) is 3.01. The highest BCUT2D eigenvalue weighted by Gasteiger charge is 2.10. The average Bonchev–Trinajstić information content (AvgIpc) is 2.32. The molecule has 3 nitrogen and oxygen atoms in total. The molecule has 2 rings (SSSR count). The van der Waals surface area contributed by atoms with E-state index in [1.165, 1.54) is 6.07 Å². The van der Waals surface area contributed by atoms with Crippen molar-refractivity contribution in [3.63, 3.8) is 0 Å². The largest absolute Gasteiger partial charge is 0.508 e. The Bertz CT molecular complexity index is 635. The number of phenolic OH excluding ortho intramolecular Hbond substituents is 1. The summed E-state index contributed by atoms with van der Waals surface area (Å²) in [6, 6.07) is 6.45. The summed E-state index contributed by atoms with van der Waals surface area (Å²) in [5, 5.41) is 10.7. The van der Waals surface area contributed by atoms with Gasteiger partial charge in [-0.1, -0.05) is 11.6 Å². The van der Waals surface area contributed by atoms with Crippen molar-refractivity contribution in [3.8, 4) is 5.75 Å². The van der Waals surface area contributed by atoms with E-state index < -0.39 is 5.63 Å². The van der Waals surface area contributed by atoms with Crippen LogP contribution in [0.2, 0.25) is 0 Å². The lowest BCUT2D eigenvalue weighted by molar-refractivity contribution is 0.466. The van der Waals surface area contributed by atoms with Gasteiger partial charge in [0.15, 0.2) is 0 Å². The van der Waals surface area contributed by atoms with Gasteiger partial charge in [0.05, 0.1) is 0 Å². The zero-order valence-electron chi connectivity index (χ0n) is 9.86. The van der Waals surface area contributed by atoms with Crippen molar-refractivity contribution in [2.75, 3.05) is 0 Å². The monoisotopic (exact) mass is 230 g/mol. The van der Waals surface area contributed by atoms with Gasteiger partial charge < -0.3 is 9.52 Å². The fourth-order valence-electron chi connectivity index (χ4n) is 1.73. The fraction of sp³-hybridized carbons (Fsp3) is 0.214. The number of aromatic hydroxyl groups is 1. The Kier molecular flexibility index (Phi) is 3.00. The molecule has 0 aliphatic rings. The van der Waals surface area contributed by atoms with E-state index in [0.717, 1.165) is 11.0 Å². The van der Waals surface area contributed by atoms with E-state index in [1.807, 2.05) is 19.9 Å². The zero-order valence-corrected chi connectivity index (χ0v) is 9.86. The van der Waals surface area contributed by atoms with Gasteiger partial charge in [-0.3, -0.25) is 0 Å². The van der Waals surface area contributed by atoms with Crippen LogP contribution >= 0.6 is 0 Å². The van der Waals surface area contributed by atoms with Crippen molar-refractivity contribution in [1.29, 1.82) is 0 Å². The third-order valence-electron chi connectivity index (χ3n) is 2.82. The first-order chi connectivity index (χ1) is 8.11. The molecule has 0 unspecified atom stereocenters. The van der Waals surface area contributed by atoms with Crippen LogP contribution in [0.4, 0.5) is 0 Å². The Labute approximate surface area is 99.0 Å². The molecule has 0 saturated heterocycles. The van der Waals surface area contributed by atoms with Crippen LogP contribution in [0.25, 0.3) is 11.0 Å². The van der Waals surface area contributed by atoms with Crippen molar-refractivity contribution < 1.29 is 9.52 Å². The summed E-state index contributed by atoms with van der Waals surface area (Å²) in [6.45, 7) is 3.91. The van der Waals surface area contributed by atoms with Crippen LogP contribution < -0.4 is 5.63 Å². The third-order valence-corrected chi connectivity index (χ3v) is 2.82. The SMILES string of the molecule is C/C=C(/C)Cc1c(O)ccc2ccc(=O)oc12. The highest BCUT2D eigenvalue weighted by molar-refractivity contribution is 5.82. The summed E-state index contributed by atoms with van der Waals surface area (Å²) in [5.74, 6) is 0.160. The number of rotatable bonds is 2. The molecular weight excluding hydrogens is 216 g/mol. The fourth-order valence-corrected chi connectivity index (χ4v) is 1.73.